The second-order valence-corrected chi connectivity index (χ2v) is 12.9. The Balaban J connectivity index is 1.76. The second-order valence-electron chi connectivity index (χ2n) is 8.20. The van der Waals surface area contributed by atoms with E-state index in [1.807, 2.05) is 30.3 Å². The summed E-state index contributed by atoms with van der Waals surface area (Å²) in [5.41, 5.74) is 4.49. The Morgan fingerprint density at radius 1 is 0.731 bits per heavy atom. The van der Waals surface area contributed by atoms with Crippen LogP contribution in [0.3, 0.4) is 0 Å². The molecule has 0 saturated carbocycles. The lowest BCUT2D eigenvalue weighted by Gasteiger charge is -2.36. The highest BCUT2D eigenvalue weighted by Gasteiger charge is 2.38. The van der Waals surface area contributed by atoms with Crippen LogP contribution in [-0.2, 0) is 0 Å². The summed E-state index contributed by atoms with van der Waals surface area (Å²) < 4.78 is 6.32. The molecule has 2 aliphatic carbocycles. The molecule has 3 rings (SSSR count). The molecule has 132 valence electrons. The summed E-state index contributed by atoms with van der Waals surface area (Å²) in [6.45, 7) is 11.3. The Kier molecular flexibility index (Phi) is 4.94. The van der Waals surface area contributed by atoms with Gasteiger partial charge < -0.3 is 4.43 Å². The fourth-order valence-electron chi connectivity index (χ4n) is 2.49. The van der Waals surface area contributed by atoms with Crippen molar-refractivity contribution < 1.29 is 4.43 Å². The Bertz CT molecular complexity index is 890. The summed E-state index contributed by atoms with van der Waals surface area (Å²) in [6.07, 6.45) is 0. The Morgan fingerprint density at radius 3 is 1.81 bits per heavy atom. The van der Waals surface area contributed by atoms with Crippen molar-refractivity contribution in [1.82, 2.24) is 0 Å². The maximum absolute atomic E-state index is 6.32. The van der Waals surface area contributed by atoms with Crippen molar-refractivity contribution in [3.05, 3.63) is 77.9 Å². The van der Waals surface area contributed by atoms with Crippen LogP contribution in [0.1, 0.15) is 31.9 Å². The number of hydrogen-bond donors (Lipinski definition) is 0. The van der Waals surface area contributed by atoms with E-state index in [-0.39, 0.29) is 5.04 Å². The zero-order valence-electron chi connectivity index (χ0n) is 16.3. The molecule has 0 amide bonds. The molecule has 0 unspecified atom stereocenters. The highest BCUT2D eigenvalue weighted by Crippen LogP contribution is 2.37. The molecule has 1 aromatic rings. The third kappa shape index (κ3) is 4.18. The minimum Gasteiger partial charge on any atom is -0.544 e. The maximum Gasteiger partial charge on any atom is 0.250 e. The van der Waals surface area contributed by atoms with Crippen molar-refractivity contribution in [3.8, 4) is 28.7 Å². The molecular formula is C24H26OSi. The molecule has 1 aromatic carbocycles. The molecule has 0 N–H and O–H groups in total. The predicted molar refractivity (Wildman–Crippen MR) is 113 cm³/mol. The number of benzene rings is 1. The lowest BCUT2D eigenvalue weighted by Crippen LogP contribution is -2.43. The molecule has 0 fully saturated rings. The van der Waals surface area contributed by atoms with Gasteiger partial charge in [0, 0.05) is 11.1 Å². The minimum atomic E-state index is -1.80. The van der Waals surface area contributed by atoms with Gasteiger partial charge in [-0.25, -0.2) is 0 Å². The van der Waals surface area contributed by atoms with Gasteiger partial charge in [-0.2, -0.15) is 0 Å². The lowest BCUT2D eigenvalue weighted by molar-refractivity contribution is 0.492. The van der Waals surface area contributed by atoms with Gasteiger partial charge in [0.1, 0.15) is 5.75 Å². The predicted octanol–water partition coefficient (Wildman–Crippen LogP) is 6.58. The van der Waals surface area contributed by atoms with Crippen LogP contribution in [-0.4, -0.2) is 8.32 Å². The average Bonchev–Trinajstić information content (AvgIpc) is 2.82. The fourth-order valence-corrected chi connectivity index (χ4v) is 3.52. The first-order valence-corrected chi connectivity index (χ1v) is 12.0. The number of rotatable bonds is 2. The Morgan fingerprint density at radius 2 is 1.27 bits per heavy atom. The summed E-state index contributed by atoms with van der Waals surface area (Å²) in [5, 5.41) is 0.196. The van der Waals surface area contributed by atoms with Crippen LogP contribution in [0.15, 0.2) is 66.7 Å². The van der Waals surface area contributed by atoms with Gasteiger partial charge >= 0.3 is 0 Å². The van der Waals surface area contributed by atoms with Gasteiger partial charge in [0.2, 0.25) is 8.32 Å². The van der Waals surface area contributed by atoms with E-state index in [0.29, 0.717) is 0 Å². The second kappa shape index (κ2) is 7.01. The van der Waals surface area contributed by atoms with E-state index in [1.54, 1.807) is 0 Å². The summed E-state index contributed by atoms with van der Waals surface area (Å²) in [5.74, 6) is 7.46. The molecule has 0 radical (unpaired) electrons. The van der Waals surface area contributed by atoms with E-state index < -0.39 is 8.32 Å². The van der Waals surface area contributed by atoms with Crippen LogP contribution >= 0.6 is 0 Å². The van der Waals surface area contributed by atoms with Crippen molar-refractivity contribution in [2.24, 2.45) is 0 Å². The Labute approximate surface area is 158 Å². The number of hydrogen-bond acceptors (Lipinski definition) is 1. The van der Waals surface area contributed by atoms with E-state index in [0.717, 1.165) is 16.9 Å². The third-order valence-electron chi connectivity index (χ3n) is 5.11. The SMILES string of the molecule is CC(C)(C)[Si](C)(C)Oc1ccc(C#Cc2cc3cccccc-3c2)cc1. The highest BCUT2D eigenvalue weighted by molar-refractivity contribution is 6.74. The summed E-state index contributed by atoms with van der Waals surface area (Å²) in [7, 11) is -1.80. The molecule has 0 aromatic heterocycles. The molecule has 2 heteroatoms. The zero-order chi connectivity index (χ0) is 18.8. The van der Waals surface area contributed by atoms with Gasteiger partial charge in [0.25, 0.3) is 0 Å². The molecule has 0 bridgehead atoms. The van der Waals surface area contributed by atoms with E-state index in [4.69, 9.17) is 4.43 Å². The molecule has 0 aliphatic heterocycles. The van der Waals surface area contributed by atoms with Crippen LogP contribution in [0.5, 0.6) is 5.75 Å². The zero-order valence-corrected chi connectivity index (χ0v) is 17.3. The van der Waals surface area contributed by atoms with Crippen molar-refractivity contribution in [2.45, 2.75) is 38.9 Å². The number of fused-ring (bicyclic) bond motifs is 1. The highest BCUT2D eigenvalue weighted by atomic mass is 28.4. The topological polar surface area (TPSA) is 9.23 Å². The first-order valence-electron chi connectivity index (χ1n) is 9.04. The summed E-state index contributed by atoms with van der Waals surface area (Å²) >= 11 is 0. The molecule has 2 aliphatic rings. The molecule has 0 saturated heterocycles. The van der Waals surface area contributed by atoms with Crippen LogP contribution in [0.2, 0.25) is 18.1 Å². The van der Waals surface area contributed by atoms with Crippen LogP contribution in [0.4, 0.5) is 0 Å². The van der Waals surface area contributed by atoms with Gasteiger partial charge in [-0.15, -0.1) is 0 Å². The van der Waals surface area contributed by atoms with Crippen molar-refractivity contribution >= 4 is 8.32 Å². The molecule has 0 spiro atoms. The van der Waals surface area contributed by atoms with Crippen molar-refractivity contribution in [3.63, 3.8) is 0 Å². The van der Waals surface area contributed by atoms with E-state index in [1.165, 1.54) is 11.1 Å². The van der Waals surface area contributed by atoms with Crippen LogP contribution in [0.25, 0.3) is 11.1 Å². The van der Waals surface area contributed by atoms with Gasteiger partial charge in [0.05, 0.1) is 0 Å². The van der Waals surface area contributed by atoms with Gasteiger partial charge in [-0.3, -0.25) is 0 Å². The van der Waals surface area contributed by atoms with Gasteiger partial charge in [-0.05, 0) is 65.7 Å². The van der Waals surface area contributed by atoms with Gasteiger partial charge in [0.15, 0.2) is 0 Å². The monoisotopic (exact) mass is 358 g/mol. The minimum absolute atomic E-state index is 0.196. The molecule has 0 heterocycles. The van der Waals surface area contributed by atoms with E-state index in [2.05, 4.69) is 82.1 Å². The standard InChI is InChI=1S/C24H26OSi/c1-24(2,3)26(4,5)25-23-15-13-19(14-16-23)11-12-20-17-21-9-7-6-8-10-22(21)18-20/h6-10,13-18H,1-5H3. The van der Waals surface area contributed by atoms with E-state index >= 15 is 0 Å². The normalized spacial score (nSPS) is 11.7. The molecule has 0 atom stereocenters. The average molecular weight is 359 g/mol. The van der Waals surface area contributed by atoms with Gasteiger partial charge in [-0.1, -0.05) is 62.9 Å². The largest absolute Gasteiger partial charge is 0.544 e. The molecular weight excluding hydrogens is 332 g/mol. The lowest BCUT2D eigenvalue weighted by atomic mass is 10.2. The van der Waals surface area contributed by atoms with Crippen LogP contribution in [0, 0.1) is 11.8 Å². The first kappa shape index (κ1) is 18.3. The van der Waals surface area contributed by atoms with Crippen LogP contribution < -0.4 is 4.43 Å². The first-order chi connectivity index (χ1) is 12.2. The fraction of sp³-hybridized carbons (Fsp3) is 0.250. The quantitative estimate of drug-likeness (QED) is 0.371. The third-order valence-corrected chi connectivity index (χ3v) is 9.47. The van der Waals surface area contributed by atoms with Crippen molar-refractivity contribution in [2.75, 3.05) is 0 Å². The summed E-state index contributed by atoms with van der Waals surface area (Å²) in [6, 6.07) is 22.8. The molecule has 26 heavy (non-hydrogen) atoms. The smallest absolute Gasteiger partial charge is 0.250 e. The molecule has 1 nitrogen and oxygen atoms in total. The maximum atomic E-state index is 6.32. The van der Waals surface area contributed by atoms with E-state index in [9.17, 15) is 0 Å². The summed E-state index contributed by atoms with van der Waals surface area (Å²) in [4.78, 5) is 0. The van der Waals surface area contributed by atoms with Crippen molar-refractivity contribution in [1.29, 1.82) is 0 Å². The Hall–Kier alpha value is -2.50.